The van der Waals surface area contributed by atoms with Crippen LogP contribution in [0.25, 0.3) is 0 Å². The lowest BCUT2D eigenvalue weighted by Gasteiger charge is -2.27. The number of aromatic nitrogens is 2. The molecule has 2 heterocycles. The van der Waals surface area contributed by atoms with Crippen molar-refractivity contribution in [2.75, 3.05) is 31.7 Å². The molecular weight excluding hydrogens is 218 g/mol. The Morgan fingerprint density at radius 2 is 2.12 bits per heavy atom. The molecule has 0 aliphatic carbocycles. The van der Waals surface area contributed by atoms with E-state index in [1.807, 2.05) is 19.2 Å². The van der Waals surface area contributed by atoms with Crippen molar-refractivity contribution in [3.8, 4) is 0 Å². The highest BCUT2D eigenvalue weighted by atomic mass is 16.5. The molecule has 1 N–H and O–H groups in total. The van der Waals surface area contributed by atoms with Crippen LogP contribution >= 0.6 is 0 Å². The van der Waals surface area contributed by atoms with Gasteiger partial charge in [-0.25, -0.2) is 0 Å². The molecule has 5 heteroatoms. The van der Waals surface area contributed by atoms with E-state index in [0.29, 0.717) is 11.6 Å². The van der Waals surface area contributed by atoms with E-state index in [1.54, 1.807) is 0 Å². The molecule has 0 bridgehead atoms. The second-order valence-electron chi connectivity index (χ2n) is 4.48. The summed E-state index contributed by atoms with van der Waals surface area (Å²) < 4.78 is 5.34. The Balaban J connectivity index is 1.91. The molecular formula is C12H19N3O2. The van der Waals surface area contributed by atoms with Crippen LogP contribution in [-0.2, 0) is 11.3 Å². The van der Waals surface area contributed by atoms with Gasteiger partial charge in [0.2, 0.25) is 0 Å². The van der Waals surface area contributed by atoms with Gasteiger partial charge in [-0.15, -0.1) is 5.10 Å². The Hall–Kier alpha value is -1.20. The van der Waals surface area contributed by atoms with Crippen molar-refractivity contribution in [1.29, 1.82) is 0 Å². The van der Waals surface area contributed by atoms with Gasteiger partial charge in [-0.1, -0.05) is 0 Å². The van der Waals surface area contributed by atoms with Crippen molar-refractivity contribution >= 4 is 5.82 Å². The Morgan fingerprint density at radius 3 is 2.71 bits per heavy atom. The Bertz CT molecular complexity index is 336. The molecule has 1 saturated heterocycles. The van der Waals surface area contributed by atoms with Crippen LogP contribution in [0.2, 0.25) is 0 Å². The van der Waals surface area contributed by atoms with Crippen molar-refractivity contribution in [2.24, 2.45) is 5.92 Å². The average molecular weight is 237 g/mol. The first-order valence-electron chi connectivity index (χ1n) is 6.02. The van der Waals surface area contributed by atoms with E-state index in [-0.39, 0.29) is 6.61 Å². The Labute approximate surface area is 101 Å². The van der Waals surface area contributed by atoms with E-state index in [4.69, 9.17) is 9.84 Å². The van der Waals surface area contributed by atoms with Gasteiger partial charge in [0, 0.05) is 26.8 Å². The fourth-order valence-electron chi connectivity index (χ4n) is 2.05. The summed E-state index contributed by atoms with van der Waals surface area (Å²) in [5, 5.41) is 16.9. The first-order valence-corrected chi connectivity index (χ1v) is 6.02. The Kier molecular flexibility index (Phi) is 4.28. The summed E-state index contributed by atoms with van der Waals surface area (Å²) in [6, 6.07) is 3.71. The third kappa shape index (κ3) is 3.38. The number of anilines is 1. The molecule has 1 aliphatic rings. The maximum absolute atomic E-state index is 8.90. The smallest absolute Gasteiger partial charge is 0.150 e. The van der Waals surface area contributed by atoms with E-state index >= 15 is 0 Å². The number of aliphatic hydroxyl groups excluding tert-OH is 1. The van der Waals surface area contributed by atoms with Crippen molar-refractivity contribution < 1.29 is 9.84 Å². The first-order chi connectivity index (χ1) is 8.29. The molecule has 17 heavy (non-hydrogen) atoms. The molecule has 1 aromatic rings. The van der Waals surface area contributed by atoms with Gasteiger partial charge >= 0.3 is 0 Å². The molecule has 2 rings (SSSR count). The molecule has 0 aromatic carbocycles. The molecule has 0 saturated carbocycles. The van der Waals surface area contributed by atoms with Crippen molar-refractivity contribution in [1.82, 2.24) is 10.2 Å². The van der Waals surface area contributed by atoms with E-state index in [1.165, 1.54) is 0 Å². The minimum Gasteiger partial charge on any atom is -0.390 e. The third-order valence-electron chi connectivity index (χ3n) is 3.13. The van der Waals surface area contributed by atoms with Crippen molar-refractivity contribution in [3.05, 3.63) is 17.8 Å². The number of hydrogen-bond acceptors (Lipinski definition) is 5. The van der Waals surface area contributed by atoms with Crippen LogP contribution in [0.5, 0.6) is 0 Å². The minimum atomic E-state index is -0.0586. The standard InChI is InChI=1S/C12H19N3O2/c1-15(8-10-4-6-17-7-5-10)12-3-2-11(9-16)13-14-12/h2-3,10,16H,4-9H2,1H3. The average Bonchev–Trinajstić information content (AvgIpc) is 2.40. The van der Waals surface area contributed by atoms with Crippen LogP contribution in [0, 0.1) is 5.92 Å². The fourth-order valence-corrected chi connectivity index (χ4v) is 2.05. The first kappa shape index (κ1) is 12.3. The summed E-state index contributed by atoms with van der Waals surface area (Å²) in [6.45, 7) is 2.66. The Morgan fingerprint density at radius 1 is 1.35 bits per heavy atom. The van der Waals surface area contributed by atoms with Crippen LogP contribution in [0.1, 0.15) is 18.5 Å². The predicted molar refractivity (Wildman–Crippen MR) is 64.8 cm³/mol. The molecule has 0 atom stereocenters. The second-order valence-corrected chi connectivity index (χ2v) is 4.48. The number of nitrogens with zero attached hydrogens (tertiary/aromatic N) is 3. The SMILES string of the molecule is CN(CC1CCOCC1)c1ccc(CO)nn1. The molecule has 94 valence electrons. The lowest BCUT2D eigenvalue weighted by molar-refractivity contribution is 0.0685. The highest BCUT2D eigenvalue weighted by molar-refractivity contribution is 5.36. The number of hydrogen-bond donors (Lipinski definition) is 1. The van der Waals surface area contributed by atoms with Crippen molar-refractivity contribution in [3.63, 3.8) is 0 Å². The largest absolute Gasteiger partial charge is 0.390 e. The van der Waals surface area contributed by atoms with Crippen LogP contribution in [0.4, 0.5) is 5.82 Å². The molecule has 0 spiro atoms. The lowest BCUT2D eigenvalue weighted by atomic mass is 10.00. The second kappa shape index (κ2) is 5.93. The van der Waals surface area contributed by atoms with Gasteiger partial charge in [-0.3, -0.25) is 0 Å². The summed E-state index contributed by atoms with van der Waals surface area (Å²) in [5.74, 6) is 1.53. The van der Waals surface area contributed by atoms with Gasteiger partial charge in [-0.2, -0.15) is 5.10 Å². The quantitative estimate of drug-likeness (QED) is 0.840. The molecule has 0 amide bonds. The molecule has 0 radical (unpaired) electrons. The zero-order valence-electron chi connectivity index (χ0n) is 10.2. The maximum atomic E-state index is 8.90. The van der Waals surface area contributed by atoms with Crippen LogP contribution in [0.15, 0.2) is 12.1 Å². The lowest BCUT2D eigenvalue weighted by Crippen LogP contribution is -2.30. The topological polar surface area (TPSA) is 58.5 Å². The summed E-state index contributed by atoms with van der Waals surface area (Å²) in [5.41, 5.74) is 0.605. The summed E-state index contributed by atoms with van der Waals surface area (Å²) >= 11 is 0. The van der Waals surface area contributed by atoms with Gasteiger partial charge in [0.05, 0.1) is 12.3 Å². The fraction of sp³-hybridized carbons (Fsp3) is 0.667. The predicted octanol–water partition coefficient (Wildman–Crippen LogP) is 0.832. The van der Waals surface area contributed by atoms with Gasteiger partial charge in [0.1, 0.15) is 0 Å². The highest BCUT2D eigenvalue weighted by Crippen LogP contribution is 2.18. The summed E-state index contributed by atoms with van der Waals surface area (Å²) in [4.78, 5) is 2.12. The van der Waals surface area contributed by atoms with Crippen LogP contribution in [-0.4, -0.2) is 42.1 Å². The summed E-state index contributed by atoms with van der Waals surface area (Å²) in [6.07, 6.45) is 2.24. The van der Waals surface area contributed by atoms with E-state index in [2.05, 4.69) is 15.1 Å². The minimum absolute atomic E-state index is 0.0586. The summed E-state index contributed by atoms with van der Waals surface area (Å²) in [7, 11) is 2.03. The molecule has 1 fully saturated rings. The zero-order valence-corrected chi connectivity index (χ0v) is 10.2. The van der Waals surface area contributed by atoms with Crippen molar-refractivity contribution in [2.45, 2.75) is 19.4 Å². The van der Waals surface area contributed by atoms with Crippen LogP contribution < -0.4 is 4.90 Å². The number of aliphatic hydroxyl groups is 1. The zero-order chi connectivity index (χ0) is 12.1. The molecule has 1 aliphatic heterocycles. The maximum Gasteiger partial charge on any atom is 0.150 e. The number of rotatable bonds is 4. The van der Waals surface area contributed by atoms with Gasteiger partial charge in [-0.05, 0) is 30.9 Å². The number of ether oxygens (including phenoxy) is 1. The van der Waals surface area contributed by atoms with E-state index in [9.17, 15) is 0 Å². The molecule has 1 aromatic heterocycles. The van der Waals surface area contributed by atoms with E-state index in [0.717, 1.165) is 38.4 Å². The van der Waals surface area contributed by atoms with E-state index < -0.39 is 0 Å². The molecule has 5 nitrogen and oxygen atoms in total. The highest BCUT2D eigenvalue weighted by Gasteiger charge is 2.16. The van der Waals surface area contributed by atoms with Gasteiger partial charge in [0.25, 0.3) is 0 Å². The monoisotopic (exact) mass is 237 g/mol. The van der Waals surface area contributed by atoms with Crippen LogP contribution in [0.3, 0.4) is 0 Å². The third-order valence-corrected chi connectivity index (χ3v) is 3.13. The molecule has 0 unspecified atom stereocenters. The van der Waals surface area contributed by atoms with Gasteiger partial charge in [0.15, 0.2) is 5.82 Å². The van der Waals surface area contributed by atoms with Gasteiger partial charge < -0.3 is 14.7 Å². The normalized spacial score (nSPS) is 17.1.